The number of carbonyl (C=O) groups excluding carboxylic acids is 1. The smallest absolute Gasteiger partial charge is 0.240 e. The summed E-state index contributed by atoms with van der Waals surface area (Å²) in [5.41, 5.74) is -0.351. The highest BCUT2D eigenvalue weighted by Gasteiger charge is 2.43. The van der Waals surface area contributed by atoms with Gasteiger partial charge in [0, 0.05) is 6.61 Å². The maximum atomic E-state index is 12.3. The topological polar surface area (TPSA) is 50.4 Å². The lowest BCUT2D eigenvalue weighted by Gasteiger charge is -2.27. The van der Waals surface area contributed by atoms with Gasteiger partial charge in [-0.25, -0.2) is 0 Å². The van der Waals surface area contributed by atoms with Gasteiger partial charge in [0.1, 0.15) is 0 Å². The van der Waals surface area contributed by atoms with Crippen LogP contribution >= 0.6 is 0 Å². The van der Waals surface area contributed by atoms with E-state index in [9.17, 15) is 4.79 Å². The van der Waals surface area contributed by atoms with Crippen molar-refractivity contribution in [2.24, 2.45) is 5.92 Å². The van der Waals surface area contributed by atoms with Crippen molar-refractivity contribution in [3.05, 3.63) is 0 Å². The van der Waals surface area contributed by atoms with Crippen LogP contribution in [0.5, 0.6) is 0 Å². The van der Waals surface area contributed by atoms with Crippen LogP contribution in [0.3, 0.4) is 0 Å². The van der Waals surface area contributed by atoms with E-state index in [0.29, 0.717) is 5.92 Å². The average Bonchev–Trinajstić information content (AvgIpc) is 2.88. The molecule has 1 saturated carbocycles. The van der Waals surface area contributed by atoms with Gasteiger partial charge in [0.15, 0.2) is 0 Å². The third-order valence-corrected chi connectivity index (χ3v) is 4.41. The fourth-order valence-corrected chi connectivity index (χ4v) is 3.07. The zero-order valence-corrected chi connectivity index (χ0v) is 10.5. The van der Waals surface area contributed by atoms with E-state index in [1.54, 1.807) is 0 Å². The molecule has 1 aliphatic carbocycles. The number of hydrogen-bond donors (Lipinski definition) is 2. The molecule has 2 saturated heterocycles. The Balaban J connectivity index is 1.60. The monoisotopic (exact) mass is 238 g/mol. The molecule has 0 radical (unpaired) electrons. The lowest BCUT2D eigenvalue weighted by Crippen LogP contribution is -2.55. The molecule has 2 aliphatic heterocycles. The van der Waals surface area contributed by atoms with Crippen molar-refractivity contribution in [1.29, 1.82) is 0 Å². The summed E-state index contributed by atoms with van der Waals surface area (Å²) in [6, 6.07) is 0.245. The van der Waals surface area contributed by atoms with Gasteiger partial charge < -0.3 is 15.4 Å². The van der Waals surface area contributed by atoms with Gasteiger partial charge in [0.2, 0.25) is 5.91 Å². The van der Waals surface area contributed by atoms with E-state index >= 15 is 0 Å². The minimum Gasteiger partial charge on any atom is -0.376 e. The molecule has 2 N–H and O–H groups in total. The maximum absolute atomic E-state index is 12.3. The Morgan fingerprint density at radius 2 is 2.24 bits per heavy atom. The number of nitrogens with one attached hydrogen (secondary N) is 2. The second kappa shape index (κ2) is 4.25. The van der Waals surface area contributed by atoms with E-state index in [0.717, 1.165) is 32.4 Å². The molecule has 4 heteroatoms. The summed E-state index contributed by atoms with van der Waals surface area (Å²) in [7, 11) is 0. The zero-order chi connectivity index (χ0) is 11.9. The van der Waals surface area contributed by atoms with E-state index < -0.39 is 0 Å². The van der Waals surface area contributed by atoms with E-state index in [2.05, 4.69) is 10.6 Å². The summed E-state index contributed by atoms with van der Waals surface area (Å²) in [4.78, 5) is 12.3. The SMILES string of the molecule is CC1(C(=O)NC2CCOC2C2CC2)CCCN1. The van der Waals surface area contributed by atoms with Crippen molar-refractivity contribution in [2.45, 2.75) is 56.7 Å². The van der Waals surface area contributed by atoms with Crippen molar-refractivity contribution in [3.8, 4) is 0 Å². The molecule has 3 unspecified atom stereocenters. The Kier molecular flexibility index (Phi) is 2.87. The molecule has 4 nitrogen and oxygen atoms in total. The molecule has 17 heavy (non-hydrogen) atoms. The van der Waals surface area contributed by atoms with E-state index in [1.165, 1.54) is 12.8 Å². The molecule has 1 amide bonds. The molecule has 3 aliphatic rings. The van der Waals surface area contributed by atoms with Gasteiger partial charge in [-0.1, -0.05) is 0 Å². The maximum Gasteiger partial charge on any atom is 0.240 e. The van der Waals surface area contributed by atoms with Crippen molar-refractivity contribution >= 4 is 5.91 Å². The normalized spacial score (nSPS) is 41.7. The standard InChI is InChI=1S/C13H22N2O2/c1-13(6-2-7-14-13)12(16)15-10-5-8-17-11(10)9-3-4-9/h9-11,14H,2-8H2,1H3,(H,15,16). The van der Waals surface area contributed by atoms with Gasteiger partial charge >= 0.3 is 0 Å². The van der Waals surface area contributed by atoms with Gasteiger partial charge in [-0.3, -0.25) is 4.79 Å². The number of hydrogen-bond acceptors (Lipinski definition) is 3. The van der Waals surface area contributed by atoms with Crippen LogP contribution in [0.4, 0.5) is 0 Å². The quantitative estimate of drug-likeness (QED) is 0.765. The van der Waals surface area contributed by atoms with Crippen LogP contribution in [0.25, 0.3) is 0 Å². The molecular formula is C13H22N2O2. The predicted octanol–water partition coefficient (Wildman–Crippen LogP) is 0.812. The molecular weight excluding hydrogens is 216 g/mol. The van der Waals surface area contributed by atoms with Gasteiger partial charge in [-0.15, -0.1) is 0 Å². The van der Waals surface area contributed by atoms with Crippen LogP contribution in [0.2, 0.25) is 0 Å². The Labute approximate surface area is 102 Å². The first-order valence-corrected chi connectivity index (χ1v) is 6.87. The second-order valence-corrected chi connectivity index (χ2v) is 5.90. The van der Waals surface area contributed by atoms with Gasteiger partial charge in [-0.2, -0.15) is 0 Å². The molecule has 0 aromatic rings. The molecule has 0 aromatic carbocycles. The number of carbonyl (C=O) groups is 1. The Hall–Kier alpha value is -0.610. The number of ether oxygens (including phenoxy) is 1. The van der Waals surface area contributed by atoms with Crippen LogP contribution in [0.1, 0.15) is 39.0 Å². The summed E-state index contributed by atoms with van der Waals surface area (Å²) in [6.45, 7) is 3.77. The highest BCUT2D eigenvalue weighted by molar-refractivity contribution is 5.86. The van der Waals surface area contributed by atoms with Gasteiger partial charge in [0.25, 0.3) is 0 Å². The lowest BCUT2D eigenvalue weighted by atomic mass is 9.97. The molecule has 3 atom stereocenters. The number of amides is 1. The minimum absolute atomic E-state index is 0.163. The molecule has 3 rings (SSSR count). The van der Waals surface area contributed by atoms with Crippen molar-refractivity contribution in [3.63, 3.8) is 0 Å². The zero-order valence-electron chi connectivity index (χ0n) is 10.5. The first-order chi connectivity index (χ1) is 8.19. The van der Waals surface area contributed by atoms with Gasteiger partial charge in [-0.05, 0) is 51.5 Å². The van der Waals surface area contributed by atoms with Crippen LogP contribution in [-0.2, 0) is 9.53 Å². The Bertz CT molecular complexity index is 309. The highest BCUT2D eigenvalue weighted by Crippen LogP contribution is 2.38. The average molecular weight is 238 g/mol. The van der Waals surface area contributed by atoms with Crippen molar-refractivity contribution in [2.75, 3.05) is 13.2 Å². The molecule has 96 valence electrons. The summed E-state index contributed by atoms with van der Waals surface area (Å²) in [6.07, 6.45) is 5.84. The fourth-order valence-electron chi connectivity index (χ4n) is 3.07. The molecule has 3 fully saturated rings. The Morgan fingerprint density at radius 1 is 1.41 bits per heavy atom. The van der Waals surface area contributed by atoms with Gasteiger partial charge in [0.05, 0.1) is 17.7 Å². The van der Waals surface area contributed by atoms with E-state index in [-0.39, 0.29) is 23.6 Å². The molecule has 0 bridgehead atoms. The third-order valence-electron chi connectivity index (χ3n) is 4.41. The third kappa shape index (κ3) is 2.20. The highest BCUT2D eigenvalue weighted by atomic mass is 16.5. The van der Waals surface area contributed by atoms with Crippen molar-refractivity contribution in [1.82, 2.24) is 10.6 Å². The molecule has 0 spiro atoms. The van der Waals surface area contributed by atoms with Crippen LogP contribution in [-0.4, -0.2) is 36.7 Å². The molecule has 0 aromatic heterocycles. The van der Waals surface area contributed by atoms with Crippen LogP contribution in [0, 0.1) is 5.92 Å². The predicted molar refractivity (Wildman–Crippen MR) is 64.7 cm³/mol. The largest absolute Gasteiger partial charge is 0.376 e. The van der Waals surface area contributed by atoms with Crippen molar-refractivity contribution < 1.29 is 9.53 Å². The van der Waals surface area contributed by atoms with Crippen LogP contribution in [0.15, 0.2) is 0 Å². The second-order valence-electron chi connectivity index (χ2n) is 5.90. The van der Waals surface area contributed by atoms with Crippen LogP contribution < -0.4 is 10.6 Å². The summed E-state index contributed by atoms with van der Waals surface area (Å²) in [5, 5.41) is 6.52. The molecule has 2 heterocycles. The first-order valence-electron chi connectivity index (χ1n) is 6.87. The summed E-state index contributed by atoms with van der Waals surface area (Å²) < 4.78 is 5.75. The van der Waals surface area contributed by atoms with E-state index in [1.807, 2.05) is 6.92 Å². The Morgan fingerprint density at radius 3 is 2.88 bits per heavy atom. The minimum atomic E-state index is -0.351. The van der Waals surface area contributed by atoms with E-state index in [4.69, 9.17) is 4.74 Å². The first kappa shape index (κ1) is 11.5. The summed E-state index contributed by atoms with van der Waals surface area (Å²) >= 11 is 0. The lowest BCUT2D eigenvalue weighted by molar-refractivity contribution is -0.127. The fraction of sp³-hybridized carbons (Fsp3) is 0.923. The summed E-state index contributed by atoms with van der Waals surface area (Å²) in [5.74, 6) is 0.864. The number of rotatable bonds is 3.